The first kappa shape index (κ1) is 35.0. The number of fused-ring (bicyclic) bond motifs is 1. The summed E-state index contributed by atoms with van der Waals surface area (Å²) in [5.41, 5.74) is 10.4. The molecule has 53 heavy (non-hydrogen) atoms. The molecule has 10 nitrogen and oxygen atoms in total. The van der Waals surface area contributed by atoms with Gasteiger partial charge in [-0.1, -0.05) is 71.9 Å². The molecule has 0 saturated carbocycles. The van der Waals surface area contributed by atoms with Gasteiger partial charge in [-0.15, -0.1) is 0 Å². The number of amides is 1. The number of anilines is 1. The van der Waals surface area contributed by atoms with E-state index in [1.165, 1.54) is 23.7 Å². The van der Waals surface area contributed by atoms with Crippen LogP contribution in [-0.2, 0) is 25.6 Å². The second-order valence-electron chi connectivity index (χ2n) is 12.8. The van der Waals surface area contributed by atoms with E-state index in [1.807, 2.05) is 79.0 Å². The lowest BCUT2D eigenvalue weighted by molar-refractivity contribution is -0.152. The van der Waals surface area contributed by atoms with Crippen LogP contribution in [0.1, 0.15) is 37.0 Å². The molecule has 1 unspecified atom stereocenters. The van der Waals surface area contributed by atoms with E-state index in [0.717, 1.165) is 70.1 Å². The van der Waals surface area contributed by atoms with Crippen LogP contribution in [0.3, 0.4) is 0 Å². The Bertz CT molecular complexity index is 2260. The number of methoxy groups -OCH3 is 1. The molecule has 3 N–H and O–H groups in total. The molecular weight excluding hydrogens is 665 g/mol. The van der Waals surface area contributed by atoms with Crippen molar-refractivity contribution < 1.29 is 19.2 Å². The topological polar surface area (TPSA) is 125 Å². The van der Waals surface area contributed by atoms with E-state index in [0.29, 0.717) is 18.7 Å². The Morgan fingerprint density at radius 2 is 1.60 bits per heavy atom. The quantitative estimate of drug-likeness (QED) is 0.0833. The summed E-state index contributed by atoms with van der Waals surface area (Å²) < 4.78 is 4.81. The number of hydrogen-bond acceptors (Lipinski definition) is 7. The van der Waals surface area contributed by atoms with Gasteiger partial charge in [0.05, 0.1) is 24.2 Å². The van der Waals surface area contributed by atoms with E-state index < -0.39 is 12.1 Å². The van der Waals surface area contributed by atoms with Gasteiger partial charge in [-0.2, -0.15) is 0 Å². The fourth-order valence-corrected chi connectivity index (χ4v) is 6.62. The maximum atomic E-state index is 12.6. The first-order valence-electron chi connectivity index (χ1n) is 17.9. The number of H-pyrrole nitrogens is 2. The number of oxime groups is 1. The standard InChI is InChI=1S/C43H42N6O4/c1-4-49(5-2)34-21-19-32(20-22-34)42-46-40(41(47-42)31-17-15-29(16-18-31)37-26-38(53-48-37)43(51)52-3)30-13-10-28(11-14-30)12-23-39(50)44-25-24-33-27-45-36-9-7-6-8-35(33)36/h6-23,27,38,45H,4-5,24-26H2,1-3H3,(H,44,50)(H,46,47). The van der Waals surface area contributed by atoms with Crippen LogP contribution in [0.2, 0.25) is 0 Å². The molecule has 3 heterocycles. The molecule has 6 aromatic rings. The van der Waals surface area contributed by atoms with Crippen molar-refractivity contribution in [2.75, 3.05) is 31.6 Å². The number of benzene rings is 4. The third-order valence-corrected chi connectivity index (χ3v) is 9.59. The number of nitrogens with one attached hydrogen (secondary N) is 3. The first-order chi connectivity index (χ1) is 25.9. The van der Waals surface area contributed by atoms with Crippen LogP contribution in [0, 0.1) is 0 Å². The summed E-state index contributed by atoms with van der Waals surface area (Å²) in [6.45, 7) is 6.72. The van der Waals surface area contributed by atoms with E-state index in [9.17, 15) is 9.59 Å². The number of hydrogen-bond donors (Lipinski definition) is 3. The molecule has 4 aromatic carbocycles. The molecule has 1 atom stereocenters. The molecule has 1 aliphatic rings. The molecule has 7 rings (SSSR count). The van der Waals surface area contributed by atoms with Crippen LogP contribution in [0.25, 0.3) is 50.9 Å². The van der Waals surface area contributed by atoms with E-state index in [4.69, 9.17) is 14.6 Å². The lowest BCUT2D eigenvalue weighted by Crippen LogP contribution is -2.23. The molecule has 0 radical (unpaired) electrons. The zero-order valence-electron chi connectivity index (χ0n) is 30.1. The van der Waals surface area contributed by atoms with Gasteiger partial charge in [-0.25, -0.2) is 9.78 Å². The van der Waals surface area contributed by atoms with Crippen LogP contribution in [0.4, 0.5) is 5.69 Å². The number of imidazole rings is 1. The maximum Gasteiger partial charge on any atom is 0.350 e. The number of rotatable bonds is 13. The van der Waals surface area contributed by atoms with Crippen molar-refractivity contribution >= 4 is 40.3 Å². The Labute approximate surface area is 308 Å². The van der Waals surface area contributed by atoms with Crippen molar-refractivity contribution in [2.45, 2.75) is 32.8 Å². The molecule has 0 bridgehead atoms. The number of para-hydroxylation sites is 1. The summed E-state index contributed by atoms with van der Waals surface area (Å²) in [5, 5.41) is 8.30. The minimum atomic E-state index is -0.730. The van der Waals surface area contributed by atoms with Gasteiger partial charge in [-0.3, -0.25) is 4.79 Å². The summed E-state index contributed by atoms with van der Waals surface area (Å²) in [6.07, 6.45) is 5.76. The number of carbonyl (C=O) groups excluding carboxylic acids is 2. The smallest absolute Gasteiger partial charge is 0.350 e. The van der Waals surface area contributed by atoms with Crippen molar-refractivity contribution in [3.63, 3.8) is 0 Å². The fraction of sp³-hybridized carbons (Fsp3) is 0.209. The molecule has 0 fully saturated rings. The van der Waals surface area contributed by atoms with Crippen molar-refractivity contribution in [2.24, 2.45) is 5.16 Å². The van der Waals surface area contributed by atoms with E-state index in [-0.39, 0.29) is 5.91 Å². The van der Waals surface area contributed by atoms with Gasteiger partial charge in [0.15, 0.2) is 0 Å². The number of esters is 1. The Morgan fingerprint density at radius 3 is 2.34 bits per heavy atom. The summed E-state index contributed by atoms with van der Waals surface area (Å²) in [7, 11) is 1.34. The number of carbonyl (C=O) groups is 2. The summed E-state index contributed by atoms with van der Waals surface area (Å²) in [5.74, 6) is 0.176. The largest absolute Gasteiger partial charge is 0.466 e. The molecular formula is C43H42N6O4. The maximum absolute atomic E-state index is 12.6. The molecule has 1 amide bonds. The molecule has 0 aliphatic carbocycles. The molecule has 268 valence electrons. The lowest BCUT2D eigenvalue weighted by Gasteiger charge is -2.20. The molecule has 0 saturated heterocycles. The van der Waals surface area contributed by atoms with Crippen molar-refractivity contribution in [3.05, 3.63) is 126 Å². The van der Waals surface area contributed by atoms with E-state index >= 15 is 0 Å². The predicted molar refractivity (Wildman–Crippen MR) is 211 cm³/mol. The highest BCUT2D eigenvalue weighted by molar-refractivity contribution is 6.04. The lowest BCUT2D eigenvalue weighted by atomic mass is 10.00. The number of aromatic nitrogens is 3. The normalized spacial score (nSPS) is 13.9. The summed E-state index contributed by atoms with van der Waals surface area (Å²) in [4.78, 5) is 44.2. The SMILES string of the molecule is CCN(CC)c1ccc(-c2nc(-c3ccc(C4=NOC(C(=O)OC)C4)cc3)c(-c3ccc(C=CC(=O)NCCc4c[nH]c5ccccc45)cc3)[nH]2)cc1. The second-order valence-corrected chi connectivity index (χ2v) is 12.8. The van der Waals surface area contributed by atoms with Gasteiger partial charge in [0, 0.05) is 71.6 Å². The van der Waals surface area contributed by atoms with Crippen molar-refractivity contribution in [1.82, 2.24) is 20.3 Å². The van der Waals surface area contributed by atoms with Gasteiger partial charge in [0.25, 0.3) is 0 Å². The molecule has 1 aliphatic heterocycles. The fourth-order valence-electron chi connectivity index (χ4n) is 6.62. The third-order valence-electron chi connectivity index (χ3n) is 9.59. The Balaban J connectivity index is 1.09. The van der Waals surface area contributed by atoms with Crippen LogP contribution >= 0.6 is 0 Å². The Hall–Kier alpha value is -6.42. The highest BCUT2D eigenvalue weighted by Crippen LogP contribution is 2.34. The minimum Gasteiger partial charge on any atom is -0.466 e. The van der Waals surface area contributed by atoms with Crippen molar-refractivity contribution in [3.8, 4) is 33.9 Å². The highest BCUT2D eigenvalue weighted by Gasteiger charge is 2.29. The monoisotopic (exact) mass is 706 g/mol. The number of aromatic amines is 2. The average Bonchev–Trinajstić information content (AvgIpc) is 3.98. The first-order valence-corrected chi connectivity index (χ1v) is 17.9. The average molecular weight is 707 g/mol. The third kappa shape index (κ3) is 7.77. The summed E-state index contributed by atoms with van der Waals surface area (Å²) >= 11 is 0. The Kier molecular flexibility index (Phi) is 10.5. The minimum absolute atomic E-state index is 0.138. The van der Waals surface area contributed by atoms with Gasteiger partial charge >= 0.3 is 5.97 Å². The van der Waals surface area contributed by atoms with Gasteiger partial charge in [0.2, 0.25) is 12.0 Å². The van der Waals surface area contributed by atoms with Gasteiger partial charge < -0.3 is 29.8 Å². The van der Waals surface area contributed by atoms with Crippen LogP contribution in [0.15, 0.2) is 114 Å². The number of ether oxygens (including phenoxy) is 1. The highest BCUT2D eigenvalue weighted by atomic mass is 16.7. The van der Waals surface area contributed by atoms with Crippen molar-refractivity contribution in [1.29, 1.82) is 0 Å². The van der Waals surface area contributed by atoms with E-state index in [2.05, 4.69) is 69.5 Å². The predicted octanol–water partition coefficient (Wildman–Crippen LogP) is 7.78. The molecule has 10 heteroatoms. The zero-order chi connectivity index (χ0) is 36.7. The van der Waals surface area contributed by atoms with Crippen LogP contribution < -0.4 is 10.2 Å². The number of nitrogens with zero attached hydrogens (tertiary/aromatic N) is 3. The van der Waals surface area contributed by atoms with Crippen LogP contribution in [-0.4, -0.2) is 65.4 Å². The Morgan fingerprint density at radius 1 is 0.906 bits per heavy atom. The van der Waals surface area contributed by atoms with E-state index in [1.54, 1.807) is 6.08 Å². The zero-order valence-corrected chi connectivity index (χ0v) is 30.1. The van der Waals surface area contributed by atoms with Gasteiger partial charge in [-0.05, 0) is 73.4 Å². The molecule has 2 aromatic heterocycles. The van der Waals surface area contributed by atoms with Gasteiger partial charge in [0.1, 0.15) is 5.82 Å². The molecule has 0 spiro atoms. The van der Waals surface area contributed by atoms with Crippen LogP contribution in [0.5, 0.6) is 0 Å². The second kappa shape index (κ2) is 15.9. The summed E-state index contributed by atoms with van der Waals surface area (Å²) in [6, 6.07) is 32.6.